The van der Waals surface area contributed by atoms with Gasteiger partial charge in [-0.2, -0.15) is 0 Å². The largest absolute Gasteiger partial charge is 0.444 e. The van der Waals surface area contributed by atoms with Crippen molar-refractivity contribution in [2.45, 2.75) is 52.3 Å². The van der Waals surface area contributed by atoms with Crippen LogP contribution in [0.4, 0.5) is 16.2 Å². The van der Waals surface area contributed by atoms with Crippen molar-refractivity contribution >= 4 is 17.5 Å². The first-order chi connectivity index (χ1) is 15.6. The van der Waals surface area contributed by atoms with E-state index in [1.54, 1.807) is 4.90 Å². The first kappa shape index (κ1) is 24.9. The van der Waals surface area contributed by atoms with Crippen molar-refractivity contribution in [3.63, 3.8) is 0 Å². The molecule has 2 aliphatic rings. The molecule has 0 spiro atoms. The number of benzene rings is 2. The third kappa shape index (κ3) is 6.41. The van der Waals surface area contributed by atoms with Crippen LogP contribution in [-0.2, 0) is 30.7 Å². The summed E-state index contributed by atoms with van der Waals surface area (Å²) in [7, 11) is 8.32. The van der Waals surface area contributed by atoms with Gasteiger partial charge < -0.3 is 24.8 Å². The van der Waals surface area contributed by atoms with Crippen molar-refractivity contribution < 1.29 is 9.53 Å². The van der Waals surface area contributed by atoms with Crippen LogP contribution in [0.3, 0.4) is 0 Å². The number of nitrogens with zero attached hydrogens (tertiary/aromatic N) is 3. The molecule has 0 unspecified atom stereocenters. The Morgan fingerprint density at radius 1 is 0.909 bits per heavy atom. The summed E-state index contributed by atoms with van der Waals surface area (Å²) < 4.78 is 5.45. The Hall–Kier alpha value is -2.73. The van der Waals surface area contributed by atoms with Gasteiger partial charge in [0.05, 0.1) is 0 Å². The van der Waals surface area contributed by atoms with Gasteiger partial charge in [0.2, 0.25) is 0 Å². The molecule has 4 rings (SSSR count). The van der Waals surface area contributed by atoms with Gasteiger partial charge in [0, 0.05) is 59.2 Å². The number of nitrogens with one attached hydrogen (secondary N) is 1. The van der Waals surface area contributed by atoms with Crippen molar-refractivity contribution in [1.82, 2.24) is 10.2 Å². The van der Waals surface area contributed by atoms with Crippen molar-refractivity contribution in [2.75, 3.05) is 51.1 Å². The third-order valence-electron chi connectivity index (χ3n) is 5.97. The van der Waals surface area contributed by atoms with Crippen molar-refractivity contribution in [3.05, 3.63) is 58.7 Å². The summed E-state index contributed by atoms with van der Waals surface area (Å²) in [6.07, 6.45) is 1.81. The maximum atomic E-state index is 12.1. The van der Waals surface area contributed by atoms with E-state index in [9.17, 15) is 4.79 Å². The van der Waals surface area contributed by atoms with E-state index in [1.165, 1.54) is 33.6 Å². The normalized spacial score (nSPS) is 14.9. The molecular weight excluding hydrogens is 412 g/mol. The van der Waals surface area contributed by atoms with Gasteiger partial charge in [0.1, 0.15) is 5.60 Å². The van der Waals surface area contributed by atoms with E-state index >= 15 is 0 Å². The summed E-state index contributed by atoms with van der Waals surface area (Å²) in [5, 5.41) is 3.39. The van der Waals surface area contributed by atoms with Gasteiger partial charge in [-0.25, -0.2) is 4.79 Å². The second-order valence-electron chi connectivity index (χ2n) is 10.2. The molecule has 0 fully saturated rings. The lowest BCUT2D eigenvalue weighted by molar-refractivity contribution is 0.0224. The Kier molecular flexibility index (Phi) is 7.90. The molecule has 2 aliphatic heterocycles. The minimum Gasteiger partial charge on any atom is -0.444 e. The van der Waals surface area contributed by atoms with E-state index in [-0.39, 0.29) is 6.09 Å². The average molecular weight is 453 g/mol. The van der Waals surface area contributed by atoms with E-state index in [2.05, 4.69) is 73.6 Å². The minimum atomic E-state index is -0.442. The molecule has 0 aromatic heterocycles. The van der Waals surface area contributed by atoms with Gasteiger partial charge in [-0.15, -0.1) is 0 Å². The Balaban J connectivity index is 0.000000203. The summed E-state index contributed by atoms with van der Waals surface area (Å²) in [6, 6.07) is 12.8. The van der Waals surface area contributed by atoms with Gasteiger partial charge in [0.25, 0.3) is 0 Å². The van der Waals surface area contributed by atoms with Crippen LogP contribution in [0, 0.1) is 0 Å². The van der Waals surface area contributed by atoms with E-state index in [4.69, 9.17) is 4.74 Å². The topological polar surface area (TPSA) is 48.1 Å². The maximum Gasteiger partial charge on any atom is 0.410 e. The van der Waals surface area contributed by atoms with Gasteiger partial charge in [0.15, 0.2) is 0 Å². The molecule has 1 amide bonds. The zero-order chi connectivity index (χ0) is 24.2. The van der Waals surface area contributed by atoms with Gasteiger partial charge >= 0.3 is 6.09 Å². The lowest BCUT2D eigenvalue weighted by Gasteiger charge is -2.33. The van der Waals surface area contributed by atoms with Crippen LogP contribution >= 0.6 is 0 Å². The molecule has 6 heteroatoms. The van der Waals surface area contributed by atoms with E-state index < -0.39 is 5.60 Å². The number of rotatable bonds is 2. The lowest BCUT2D eigenvalue weighted by atomic mass is 9.97. The summed E-state index contributed by atoms with van der Waals surface area (Å²) in [6.45, 7) is 9.17. The van der Waals surface area contributed by atoms with E-state index in [0.717, 1.165) is 25.9 Å². The number of amides is 1. The first-order valence-corrected chi connectivity index (χ1v) is 11.8. The molecule has 2 aromatic carbocycles. The van der Waals surface area contributed by atoms with Crippen LogP contribution in [0.5, 0.6) is 0 Å². The highest BCUT2D eigenvalue weighted by Crippen LogP contribution is 2.28. The fourth-order valence-electron chi connectivity index (χ4n) is 4.42. The monoisotopic (exact) mass is 452 g/mol. The van der Waals surface area contributed by atoms with Gasteiger partial charge in [-0.3, -0.25) is 0 Å². The summed E-state index contributed by atoms with van der Waals surface area (Å²) in [5.41, 5.74) is 7.71. The molecule has 0 bridgehead atoms. The maximum absolute atomic E-state index is 12.1. The highest BCUT2D eigenvalue weighted by atomic mass is 16.6. The number of carbonyl (C=O) groups is 1. The Bertz CT molecular complexity index is 963. The second kappa shape index (κ2) is 10.5. The molecule has 2 aromatic rings. The molecule has 180 valence electrons. The SMILES string of the molecule is CN(C)c1cccc2c1CCN(C(=O)OC(C)(C)C)C2.CN(C)c1cccc2c1CCNC2. The van der Waals surface area contributed by atoms with Crippen LogP contribution in [0.15, 0.2) is 36.4 Å². The highest BCUT2D eigenvalue weighted by molar-refractivity contribution is 5.69. The van der Waals surface area contributed by atoms with Crippen molar-refractivity contribution in [2.24, 2.45) is 0 Å². The molecule has 0 atom stereocenters. The number of hydrogen-bond acceptors (Lipinski definition) is 5. The van der Waals surface area contributed by atoms with E-state index in [0.29, 0.717) is 13.1 Å². The molecule has 33 heavy (non-hydrogen) atoms. The van der Waals surface area contributed by atoms with Crippen molar-refractivity contribution in [1.29, 1.82) is 0 Å². The Labute approximate surface area is 199 Å². The third-order valence-corrected chi connectivity index (χ3v) is 5.97. The summed E-state index contributed by atoms with van der Waals surface area (Å²) in [4.78, 5) is 18.2. The predicted octanol–water partition coefficient (Wildman–Crippen LogP) is 4.44. The number of ether oxygens (including phenoxy) is 1. The molecule has 0 radical (unpaired) electrons. The van der Waals surface area contributed by atoms with Crippen LogP contribution in [0.25, 0.3) is 0 Å². The highest BCUT2D eigenvalue weighted by Gasteiger charge is 2.26. The number of anilines is 2. The van der Waals surface area contributed by atoms with Gasteiger partial charge in [-0.1, -0.05) is 24.3 Å². The minimum absolute atomic E-state index is 0.224. The molecule has 0 saturated carbocycles. The van der Waals surface area contributed by atoms with Gasteiger partial charge in [-0.05, 0) is 74.5 Å². The lowest BCUT2D eigenvalue weighted by Crippen LogP contribution is -2.40. The predicted molar refractivity (Wildman–Crippen MR) is 137 cm³/mol. The molecular formula is C27H40N4O2. The molecule has 2 heterocycles. The average Bonchev–Trinajstić information content (AvgIpc) is 2.77. The van der Waals surface area contributed by atoms with Crippen LogP contribution in [0.1, 0.15) is 43.0 Å². The van der Waals surface area contributed by atoms with E-state index in [1.807, 2.05) is 26.8 Å². The zero-order valence-corrected chi connectivity index (χ0v) is 21.4. The second-order valence-corrected chi connectivity index (χ2v) is 10.2. The molecule has 0 saturated heterocycles. The number of fused-ring (bicyclic) bond motifs is 2. The van der Waals surface area contributed by atoms with Crippen LogP contribution in [-0.4, -0.2) is 57.9 Å². The summed E-state index contributed by atoms with van der Waals surface area (Å²) >= 11 is 0. The number of carbonyl (C=O) groups excluding carboxylic acids is 1. The molecule has 1 N–H and O–H groups in total. The summed E-state index contributed by atoms with van der Waals surface area (Å²) in [5.74, 6) is 0. The standard InChI is InChI=1S/C16H24N2O2.C11H16N2/c1-16(2,3)20-15(19)18-10-9-13-12(11-18)7-6-8-14(13)17(4)5;1-13(2)11-5-3-4-9-8-12-7-6-10(9)11/h6-8H,9-11H2,1-5H3;3-5,12H,6-8H2,1-2H3. The smallest absolute Gasteiger partial charge is 0.410 e. The molecule has 0 aliphatic carbocycles. The fourth-order valence-corrected chi connectivity index (χ4v) is 4.42. The molecule has 6 nitrogen and oxygen atoms in total. The van der Waals surface area contributed by atoms with Crippen LogP contribution in [0.2, 0.25) is 0 Å². The quantitative estimate of drug-likeness (QED) is 0.730. The number of hydrogen-bond donors (Lipinski definition) is 1. The van der Waals surface area contributed by atoms with Crippen molar-refractivity contribution in [3.8, 4) is 0 Å². The van der Waals surface area contributed by atoms with Crippen LogP contribution < -0.4 is 15.1 Å². The Morgan fingerprint density at radius 3 is 2.06 bits per heavy atom. The Morgan fingerprint density at radius 2 is 1.48 bits per heavy atom. The first-order valence-electron chi connectivity index (χ1n) is 11.8. The fraction of sp³-hybridized carbons (Fsp3) is 0.519. The zero-order valence-electron chi connectivity index (χ0n) is 21.4.